The highest BCUT2D eigenvalue weighted by Crippen LogP contribution is 2.31. The third-order valence-electron chi connectivity index (χ3n) is 5.90. The lowest BCUT2D eigenvalue weighted by Gasteiger charge is -2.19. The Morgan fingerprint density at radius 3 is 2.77 bits per heavy atom. The van der Waals surface area contributed by atoms with Crippen LogP contribution in [0.15, 0.2) is 48.8 Å². The second kappa shape index (κ2) is 9.58. The van der Waals surface area contributed by atoms with E-state index in [0.717, 1.165) is 27.3 Å². The average molecular weight is 475 g/mol. The van der Waals surface area contributed by atoms with Crippen molar-refractivity contribution in [2.75, 3.05) is 13.1 Å². The number of benzene rings is 1. The molecule has 0 aliphatic carbocycles. The van der Waals surface area contributed by atoms with Gasteiger partial charge >= 0.3 is 0 Å². The van der Waals surface area contributed by atoms with E-state index < -0.39 is 43.3 Å². The van der Waals surface area contributed by atoms with E-state index in [0.29, 0.717) is 16.5 Å². The molecule has 1 N–H and O–H groups in total. The van der Waals surface area contributed by atoms with Crippen LogP contribution in [0.2, 0.25) is 0 Å². The molecular formula is C26H23F2N5O2. The summed E-state index contributed by atoms with van der Waals surface area (Å²) >= 11 is 0. The molecule has 1 saturated heterocycles. The summed E-state index contributed by atoms with van der Waals surface area (Å²) in [6.07, 6.45) is 4.56. The zero-order valence-corrected chi connectivity index (χ0v) is 19.3. The Labute approximate surface area is 201 Å². The molecule has 1 aromatic carbocycles. The number of aromatic nitrogens is 2. The molecule has 1 unspecified atom stereocenters. The number of hydrogen-bond acceptors (Lipinski definition) is 5. The number of pyridine rings is 2. The van der Waals surface area contributed by atoms with Crippen LogP contribution >= 0.6 is 0 Å². The van der Waals surface area contributed by atoms with E-state index in [1.54, 1.807) is 18.3 Å². The van der Waals surface area contributed by atoms with Gasteiger partial charge in [-0.1, -0.05) is 18.2 Å². The lowest BCUT2D eigenvalue weighted by molar-refractivity contribution is -0.131. The second-order valence-electron chi connectivity index (χ2n) is 8.56. The first-order valence-corrected chi connectivity index (χ1v) is 11.0. The van der Waals surface area contributed by atoms with Gasteiger partial charge in [0.05, 0.1) is 30.2 Å². The lowest BCUT2D eigenvalue weighted by Crippen LogP contribution is -2.43. The highest BCUT2D eigenvalue weighted by Gasteiger charge is 2.47. The van der Waals surface area contributed by atoms with Crippen molar-refractivity contribution >= 4 is 34.4 Å². The Morgan fingerprint density at radius 1 is 1.26 bits per heavy atom. The number of nitrogens with zero attached hydrogens (tertiary/aromatic N) is 4. The third kappa shape index (κ3) is 5.32. The molecule has 2 amide bonds. The summed E-state index contributed by atoms with van der Waals surface area (Å²) < 4.78 is 27.3. The van der Waals surface area contributed by atoms with Crippen LogP contribution in [0.1, 0.15) is 40.5 Å². The van der Waals surface area contributed by atoms with Crippen molar-refractivity contribution in [3.63, 3.8) is 0 Å². The minimum absolute atomic E-state index is 0.302. The molecule has 2 aromatic heterocycles. The number of aryl methyl sites for hydroxylation is 1. The van der Waals surface area contributed by atoms with Gasteiger partial charge in [0.25, 0.3) is 11.8 Å². The molecule has 3 aromatic rings. The quantitative estimate of drug-likeness (QED) is 0.602. The molecule has 35 heavy (non-hydrogen) atoms. The number of hydrogen-bond donors (Lipinski definition) is 1. The van der Waals surface area contributed by atoms with Crippen LogP contribution in [0.3, 0.4) is 0 Å². The first-order valence-electron chi connectivity index (χ1n) is 11.0. The van der Waals surface area contributed by atoms with Gasteiger partial charge in [-0.3, -0.25) is 19.6 Å². The van der Waals surface area contributed by atoms with Crippen molar-refractivity contribution in [3.05, 3.63) is 71.2 Å². The maximum atomic E-state index is 13.6. The normalized spacial score (nSPS) is 17.3. The lowest BCUT2D eigenvalue weighted by atomic mass is 10.0. The van der Waals surface area contributed by atoms with Gasteiger partial charge in [0.1, 0.15) is 6.04 Å². The SMILES string of the molecule is CC(=Cc1ccc2nccc(C(=O)NCC(=O)N3CC(F)(F)CC3C#N)c2c1)c1ccc(C)nc1. The summed E-state index contributed by atoms with van der Waals surface area (Å²) in [4.78, 5) is 34.8. The smallest absolute Gasteiger partial charge is 0.268 e. The summed E-state index contributed by atoms with van der Waals surface area (Å²) in [5, 5.41) is 12.2. The monoisotopic (exact) mass is 475 g/mol. The van der Waals surface area contributed by atoms with Gasteiger partial charge in [-0.2, -0.15) is 5.26 Å². The average Bonchev–Trinajstić information content (AvgIpc) is 3.17. The molecule has 1 aliphatic rings. The van der Waals surface area contributed by atoms with E-state index in [-0.39, 0.29) is 0 Å². The number of alkyl halides is 2. The van der Waals surface area contributed by atoms with Gasteiger partial charge in [-0.25, -0.2) is 8.78 Å². The summed E-state index contributed by atoms with van der Waals surface area (Å²) in [6, 6.07) is 11.5. The topological polar surface area (TPSA) is 99.0 Å². The fourth-order valence-electron chi connectivity index (χ4n) is 4.03. The number of carbonyl (C=O) groups is 2. The number of allylic oxidation sites excluding steroid dienone is 1. The minimum atomic E-state index is -3.11. The molecular weight excluding hydrogens is 452 g/mol. The maximum Gasteiger partial charge on any atom is 0.268 e. The molecule has 4 rings (SSSR count). The molecule has 0 radical (unpaired) electrons. The van der Waals surface area contributed by atoms with Gasteiger partial charge in [-0.05, 0) is 54.8 Å². The summed E-state index contributed by atoms with van der Waals surface area (Å²) in [5.74, 6) is -4.38. The van der Waals surface area contributed by atoms with Crippen molar-refractivity contribution in [3.8, 4) is 6.07 Å². The van der Waals surface area contributed by atoms with Gasteiger partial charge in [-0.15, -0.1) is 0 Å². The molecule has 0 saturated carbocycles. The van der Waals surface area contributed by atoms with E-state index in [9.17, 15) is 18.4 Å². The Kier molecular flexibility index (Phi) is 6.56. The first-order chi connectivity index (χ1) is 16.7. The van der Waals surface area contributed by atoms with Crippen LogP contribution in [0.5, 0.6) is 0 Å². The van der Waals surface area contributed by atoms with E-state index in [1.165, 1.54) is 12.3 Å². The fraction of sp³-hybridized carbons (Fsp3) is 0.269. The van der Waals surface area contributed by atoms with E-state index in [4.69, 9.17) is 5.26 Å². The number of rotatable bonds is 5. The summed E-state index contributed by atoms with van der Waals surface area (Å²) in [5.41, 5.74) is 4.64. The number of halogens is 2. The predicted molar refractivity (Wildman–Crippen MR) is 127 cm³/mol. The minimum Gasteiger partial charge on any atom is -0.343 e. The molecule has 1 atom stereocenters. The Morgan fingerprint density at radius 2 is 2.06 bits per heavy atom. The van der Waals surface area contributed by atoms with Crippen LogP contribution in [0.25, 0.3) is 22.6 Å². The number of amides is 2. The summed E-state index contributed by atoms with van der Waals surface area (Å²) in [6.45, 7) is 2.57. The highest BCUT2D eigenvalue weighted by molar-refractivity contribution is 6.07. The van der Waals surface area contributed by atoms with Crippen molar-refractivity contribution in [2.24, 2.45) is 0 Å². The highest BCUT2D eigenvalue weighted by atomic mass is 19.3. The predicted octanol–water partition coefficient (Wildman–Crippen LogP) is 3.99. The first kappa shape index (κ1) is 24.0. The molecule has 0 spiro atoms. The Balaban J connectivity index is 1.53. The van der Waals surface area contributed by atoms with Crippen molar-refractivity contribution in [1.82, 2.24) is 20.2 Å². The Bertz CT molecular complexity index is 1360. The van der Waals surface area contributed by atoms with E-state index in [2.05, 4.69) is 15.3 Å². The standard InChI is InChI=1S/C26H23F2N5O2/c1-16(19-5-3-17(2)31-13-19)9-18-4-6-23-22(10-18)21(7-8-30-23)25(35)32-14-24(34)33-15-26(27,28)11-20(33)12-29/h3-10,13,20H,11,14-15H2,1-2H3,(H,32,35). The largest absolute Gasteiger partial charge is 0.343 e. The van der Waals surface area contributed by atoms with Crippen molar-refractivity contribution in [1.29, 1.82) is 5.26 Å². The fourth-order valence-corrected chi connectivity index (χ4v) is 4.03. The molecule has 178 valence electrons. The number of carbonyl (C=O) groups excluding carboxylic acids is 2. The molecule has 1 fully saturated rings. The van der Waals surface area contributed by atoms with Crippen LogP contribution < -0.4 is 5.32 Å². The zero-order chi connectivity index (χ0) is 25.2. The van der Waals surface area contributed by atoms with Gasteiger partial charge < -0.3 is 10.2 Å². The number of nitrogens with one attached hydrogen (secondary N) is 1. The zero-order valence-electron chi connectivity index (χ0n) is 19.3. The van der Waals surface area contributed by atoms with E-state index in [1.807, 2.05) is 44.2 Å². The molecule has 7 nitrogen and oxygen atoms in total. The molecule has 0 bridgehead atoms. The van der Waals surface area contributed by atoms with Crippen LogP contribution in [-0.4, -0.2) is 51.7 Å². The third-order valence-corrected chi connectivity index (χ3v) is 5.90. The molecule has 3 heterocycles. The maximum absolute atomic E-state index is 13.6. The number of likely N-dealkylation sites (tertiary alicyclic amines) is 1. The number of fused-ring (bicyclic) bond motifs is 1. The van der Waals surface area contributed by atoms with Crippen molar-refractivity contribution in [2.45, 2.75) is 32.2 Å². The van der Waals surface area contributed by atoms with Crippen molar-refractivity contribution < 1.29 is 18.4 Å². The summed E-state index contributed by atoms with van der Waals surface area (Å²) in [7, 11) is 0. The van der Waals surface area contributed by atoms with E-state index >= 15 is 0 Å². The Hall–Kier alpha value is -4.19. The number of nitriles is 1. The molecule has 1 aliphatic heterocycles. The second-order valence-corrected chi connectivity index (χ2v) is 8.56. The van der Waals surface area contributed by atoms with Gasteiger partial charge in [0.15, 0.2) is 0 Å². The van der Waals surface area contributed by atoms with Gasteiger partial charge in [0.2, 0.25) is 5.91 Å². The van der Waals surface area contributed by atoms with Crippen LogP contribution in [-0.2, 0) is 4.79 Å². The van der Waals surface area contributed by atoms with Crippen LogP contribution in [0, 0.1) is 18.3 Å². The van der Waals surface area contributed by atoms with Gasteiger partial charge in [0, 0.05) is 29.9 Å². The van der Waals surface area contributed by atoms with Crippen LogP contribution in [0.4, 0.5) is 8.78 Å². The molecule has 9 heteroatoms.